The van der Waals surface area contributed by atoms with Crippen LogP contribution in [0.2, 0.25) is 0 Å². The Morgan fingerprint density at radius 2 is 1.69 bits per heavy atom. The highest BCUT2D eigenvalue weighted by Crippen LogP contribution is 2.35. The van der Waals surface area contributed by atoms with E-state index in [4.69, 9.17) is 9.47 Å². The molecule has 0 atom stereocenters. The van der Waals surface area contributed by atoms with Crippen LogP contribution in [0.4, 0.5) is 29.3 Å². The van der Waals surface area contributed by atoms with Crippen LogP contribution in [0.25, 0.3) is 0 Å². The molecule has 11 heteroatoms. The number of pyridine rings is 1. The molecule has 0 radical (unpaired) electrons. The van der Waals surface area contributed by atoms with Gasteiger partial charge in [0.1, 0.15) is 22.9 Å². The summed E-state index contributed by atoms with van der Waals surface area (Å²) >= 11 is 0. The number of hydrogen-bond acceptors (Lipinski definition) is 5. The van der Waals surface area contributed by atoms with Crippen LogP contribution in [0.15, 0.2) is 60.8 Å². The number of amides is 3. The van der Waals surface area contributed by atoms with E-state index in [1.54, 1.807) is 30.3 Å². The summed E-state index contributed by atoms with van der Waals surface area (Å²) in [5.41, 5.74) is -0.463. The Hall–Kier alpha value is -4.28. The van der Waals surface area contributed by atoms with Crippen molar-refractivity contribution >= 4 is 23.3 Å². The van der Waals surface area contributed by atoms with Gasteiger partial charge in [0.15, 0.2) is 0 Å². The molecule has 0 saturated carbocycles. The third-order valence-electron chi connectivity index (χ3n) is 4.76. The third kappa shape index (κ3) is 7.36. The number of carbonyl (C=O) groups excluding carboxylic acids is 2. The summed E-state index contributed by atoms with van der Waals surface area (Å²) in [7, 11) is 1.29. The number of nitrogens with one attached hydrogen (secondary N) is 3. The number of benzene rings is 2. The first-order valence-corrected chi connectivity index (χ1v) is 10.9. The van der Waals surface area contributed by atoms with Crippen LogP contribution in [0.1, 0.15) is 29.9 Å². The van der Waals surface area contributed by atoms with Gasteiger partial charge < -0.3 is 25.4 Å². The molecule has 0 aliphatic carbocycles. The molecule has 1 aromatic heterocycles. The van der Waals surface area contributed by atoms with Crippen molar-refractivity contribution in [1.29, 1.82) is 0 Å². The van der Waals surface area contributed by atoms with Gasteiger partial charge in [-0.05, 0) is 54.4 Å². The van der Waals surface area contributed by atoms with Crippen LogP contribution in [-0.4, -0.2) is 30.6 Å². The number of methoxy groups -OCH3 is 1. The zero-order valence-electron chi connectivity index (χ0n) is 19.8. The van der Waals surface area contributed by atoms with Crippen LogP contribution in [0.3, 0.4) is 0 Å². The van der Waals surface area contributed by atoms with Gasteiger partial charge in [0.25, 0.3) is 5.91 Å². The lowest BCUT2D eigenvalue weighted by atomic mass is 10.2. The first kappa shape index (κ1) is 26.3. The fourth-order valence-electron chi connectivity index (χ4n) is 3.00. The highest BCUT2D eigenvalue weighted by atomic mass is 19.4. The molecule has 1 heterocycles. The topological polar surface area (TPSA) is 102 Å². The number of aromatic nitrogens is 1. The van der Waals surface area contributed by atoms with E-state index in [1.165, 1.54) is 19.4 Å². The molecule has 3 aromatic rings. The molecule has 3 amide bonds. The average Bonchev–Trinajstić information content (AvgIpc) is 2.83. The van der Waals surface area contributed by atoms with Gasteiger partial charge in [-0.2, -0.15) is 13.2 Å². The smallest absolute Gasteiger partial charge is 0.416 e. The zero-order chi connectivity index (χ0) is 26.3. The fourth-order valence-corrected chi connectivity index (χ4v) is 3.00. The van der Waals surface area contributed by atoms with Crippen LogP contribution in [0, 0.1) is 5.92 Å². The van der Waals surface area contributed by atoms with Crippen LogP contribution in [0.5, 0.6) is 17.2 Å². The summed E-state index contributed by atoms with van der Waals surface area (Å²) in [6.07, 6.45) is -3.11. The normalized spacial score (nSPS) is 11.1. The van der Waals surface area contributed by atoms with E-state index in [0.717, 1.165) is 18.2 Å². The maximum atomic E-state index is 13.0. The van der Waals surface area contributed by atoms with Gasteiger partial charge in [0.2, 0.25) is 0 Å². The first-order valence-electron chi connectivity index (χ1n) is 10.9. The minimum Gasteiger partial charge on any atom is -0.495 e. The van der Waals surface area contributed by atoms with Gasteiger partial charge in [0.05, 0.1) is 18.4 Å². The van der Waals surface area contributed by atoms with Crippen molar-refractivity contribution < 1.29 is 32.2 Å². The molecule has 3 rings (SSSR count). The Morgan fingerprint density at radius 3 is 2.33 bits per heavy atom. The van der Waals surface area contributed by atoms with Crippen LogP contribution >= 0.6 is 0 Å². The molecule has 2 aromatic carbocycles. The number of hydrogen-bond donors (Lipinski definition) is 3. The molecule has 0 fully saturated rings. The van der Waals surface area contributed by atoms with Crippen molar-refractivity contribution in [3.05, 3.63) is 72.1 Å². The summed E-state index contributed by atoms with van der Waals surface area (Å²) in [6.45, 7) is 4.49. The Labute approximate surface area is 205 Å². The number of halogens is 3. The Kier molecular flexibility index (Phi) is 8.36. The molecule has 0 aliphatic rings. The molecule has 0 unspecified atom stereocenters. The second-order valence-corrected chi connectivity index (χ2v) is 8.10. The highest BCUT2D eigenvalue weighted by Gasteiger charge is 2.31. The molecular formula is C25H25F3N4O4. The van der Waals surface area contributed by atoms with E-state index in [9.17, 15) is 22.8 Å². The largest absolute Gasteiger partial charge is 0.495 e. The number of ether oxygens (including phenoxy) is 2. The van der Waals surface area contributed by atoms with Crippen molar-refractivity contribution in [3.8, 4) is 17.2 Å². The molecule has 0 spiro atoms. The number of urea groups is 1. The molecule has 0 saturated heterocycles. The minimum atomic E-state index is -4.57. The lowest BCUT2D eigenvalue weighted by Gasteiger charge is -2.14. The molecular weight excluding hydrogens is 477 g/mol. The van der Waals surface area contributed by atoms with Crippen LogP contribution in [-0.2, 0) is 6.18 Å². The highest BCUT2D eigenvalue weighted by molar-refractivity contribution is 6.00. The van der Waals surface area contributed by atoms with Gasteiger partial charge in [-0.3, -0.25) is 9.78 Å². The van der Waals surface area contributed by atoms with Gasteiger partial charge in [-0.1, -0.05) is 13.8 Å². The summed E-state index contributed by atoms with van der Waals surface area (Å²) in [4.78, 5) is 28.6. The van der Waals surface area contributed by atoms with Crippen LogP contribution < -0.4 is 25.4 Å². The zero-order valence-corrected chi connectivity index (χ0v) is 19.8. The van der Waals surface area contributed by atoms with Crippen molar-refractivity contribution in [3.63, 3.8) is 0 Å². The maximum absolute atomic E-state index is 13.0. The second kappa shape index (κ2) is 11.4. The van der Waals surface area contributed by atoms with E-state index in [1.807, 2.05) is 13.8 Å². The van der Waals surface area contributed by atoms with Crippen molar-refractivity contribution in [1.82, 2.24) is 10.3 Å². The second-order valence-electron chi connectivity index (χ2n) is 8.10. The number of anilines is 2. The molecule has 0 aliphatic heterocycles. The SMILES string of the molecule is COc1ccc(C(F)(F)F)cc1NC(=O)Nc1ccc(Oc2ccnc(C(=O)NCC(C)C)c2)cc1. The monoisotopic (exact) mass is 502 g/mol. The molecule has 0 bridgehead atoms. The number of carbonyl (C=O) groups is 2. The van der Waals surface area contributed by atoms with Gasteiger partial charge in [-0.25, -0.2) is 4.79 Å². The standard InChI is InChI=1S/C25H25F3N4O4/c1-15(2)14-30-23(33)21-13-19(10-11-29-21)36-18-7-5-17(6-8-18)31-24(34)32-20-12-16(25(26,27)28)4-9-22(20)35-3/h4-13,15H,14H2,1-3H3,(H,30,33)(H2,31,32,34). The first-order chi connectivity index (χ1) is 17.0. The van der Waals surface area contributed by atoms with E-state index in [-0.39, 0.29) is 23.0 Å². The summed E-state index contributed by atoms with van der Waals surface area (Å²) in [5, 5.41) is 7.68. The summed E-state index contributed by atoms with van der Waals surface area (Å²) < 4.78 is 49.8. The van der Waals surface area contributed by atoms with Crippen molar-refractivity contribution in [2.24, 2.45) is 5.92 Å². The average molecular weight is 502 g/mol. The van der Waals surface area contributed by atoms with Gasteiger partial charge >= 0.3 is 12.2 Å². The number of nitrogens with zero attached hydrogens (tertiary/aromatic N) is 1. The van der Waals surface area contributed by atoms with Gasteiger partial charge in [0, 0.05) is 24.5 Å². The lowest BCUT2D eigenvalue weighted by Crippen LogP contribution is -2.27. The predicted molar refractivity (Wildman–Crippen MR) is 129 cm³/mol. The molecule has 36 heavy (non-hydrogen) atoms. The lowest BCUT2D eigenvalue weighted by molar-refractivity contribution is -0.137. The predicted octanol–water partition coefficient (Wildman–Crippen LogP) is 5.93. The van der Waals surface area contributed by atoms with E-state index >= 15 is 0 Å². The van der Waals surface area contributed by atoms with Crippen molar-refractivity contribution in [2.75, 3.05) is 24.3 Å². The quantitative estimate of drug-likeness (QED) is 0.354. The summed E-state index contributed by atoms with van der Waals surface area (Å²) in [6, 6.07) is 11.4. The number of rotatable bonds is 8. The molecule has 3 N–H and O–H groups in total. The fraction of sp³-hybridized carbons (Fsp3) is 0.240. The Morgan fingerprint density at radius 1 is 0.972 bits per heavy atom. The van der Waals surface area contributed by atoms with Crippen molar-refractivity contribution in [2.45, 2.75) is 20.0 Å². The van der Waals surface area contributed by atoms with Gasteiger partial charge in [-0.15, -0.1) is 0 Å². The maximum Gasteiger partial charge on any atom is 0.416 e. The Balaban J connectivity index is 1.62. The Bertz CT molecular complexity index is 1210. The minimum absolute atomic E-state index is 0.0801. The molecule has 8 nitrogen and oxygen atoms in total. The summed E-state index contributed by atoms with van der Waals surface area (Å²) in [5.74, 6) is 0.901. The van der Waals surface area contributed by atoms with E-state index in [2.05, 4.69) is 20.9 Å². The molecule has 190 valence electrons. The van der Waals surface area contributed by atoms with E-state index in [0.29, 0.717) is 29.6 Å². The van der Waals surface area contributed by atoms with E-state index < -0.39 is 17.8 Å². The third-order valence-corrected chi connectivity index (χ3v) is 4.76. The number of alkyl halides is 3.